The zero-order chi connectivity index (χ0) is 20.5. The largest absolute Gasteiger partial charge is 0.379 e. The van der Waals surface area contributed by atoms with E-state index in [1.165, 1.54) is 15.4 Å². The molecule has 1 saturated carbocycles. The standard InChI is InChI=1S/C19H32N4O4S/c1-13-6-5-7-17(14(13)2)20-18(24)12-23-16(4)19(15(3)21-23)28(25,26)22-8-10-27-11-9-22/h13-14,17H,5-12H2,1-4H3,(H,20,24)/t13-,14-,17-/m0/s1. The Morgan fingerprint density at radius 1 is 1.21 bits per heavy atom. The van der Waals surface area contributed by atoms with E-state index in [0.29, 0.717) is 49.5 Å². The third-order valence-electron chi connectivity index (χ3n) is 6.23. The van der Waals surface area contributed by atoms with E-state index in [9.17, 15) is 13.2 Å². The summed E-state index contributed by atoms with van der Waals surface area (Å²) in [6.45, 7) is 9.30. The number of carbonyl (C=O) groups excluding carboxylic acids is 1. The number of hydrogen-bond donors (Lipinski definition) is 1. The number of morpholine rings is 1. The van der Waals surface area contributed by atoms with Gasteiger partial charge in [-0.3, -0.25) is 9.48 Å². The van der Waals surface area contributed by atoms with Gasteiger partial charge in [0.25, 0.3) is 0 Å². The molecule has 0 aromatic carbocycles. The fourth-order valence-electron chi connectivity index (χ4n) is 4.30. The number of aromatic nitrogens is 2. The topological polar surface area (TPSA) is 93.5 Å². The minimum atomic E-state index is -3.64. The maximum Gasteiger partial charge on any atom is 0.246 e. The number of aryl methyl sites for hydroxylation is 1. The maximum atomic E-state index is 13.0. The first-order valence-electron chi connectivity index (χ1n) is 10.1. The molecule has 158 valence electrons. The lowest BCUT2D eigenvalue weighted by Gasteiger charge is -2.34. The van der Waals surface area contributed by atoms with Crippen LogP contribution in [-0.2, 0) is 26.1 Å². The molecular weight excluding hydrogens is 380 g/mol. The van der Waals surface area contributed by atoms with Crippen LogP contribution in [0, 0.1) is 25.7 Å². The first-order valence-corrected chi connectivity index (χ1v) is 11.6. The van der Waals surface area contributed by atoms with Gasteiger partial charge in [0, 0.05) is 19.1 Å². The Hall–Kier alpha value is -1.45. The molecule has 1 N–H and O–H groups in total. The van der Waals surface area contributed by atoms with Gasteiger partial charge in [0.1, 0.15) is 11.4 Å². The highest BCUT2D eigenvalue weighted by Gasteiger charge is 2.33. The van der Waals surface area contributed by atoms with E-state index in [0.717, 1.165) is 12.8 Å². The lowest BCUT2D eigenvalue weighted by Crippen LogP contribution is -2.45. The predicted octanol–water partition coefficient (Wildman–Crippen LogP) is 1.46. The molecule has 0 unspecified atom stereocenters. The van der Waals surface area contributed by atoms with Gasteiger partial charge in [-0.1, -0.05) is 26.7 Å². The van der Waals surface area contributed by atoms with E-state index < -0.39 is 10.0 Å². The van der Waals surface area contributed by atoms with Gasteiger partial charge in [0.15, 0.2) is 0 Å². The number of nitrogens with zero attached hydrogens (tertiary/aromatic N) is 3. The fraction of sp³-hybridized carbons (Fsp3) is 0.789. The highest BCUT2D eigenvalue weighted by molar-refractivity contribution is 7.89. The predicted molar refractivity (Wildman–Crippen MR) is 105 cm³/mol. The maximum absolute atomic E-state index is 13.0. The Bertz CT molecular complexity index is 814. The second-order valence-electron chi connectivity index (χ2n) is 8.12. The lowest BCUT2D eigenvalue weighted by atomic mass is 9.78. The molecule has 3 atom stereocenters. The van der Waals surface area contributed by atoms with Gasteiger partial charge in [-0.2, -0.15) is 9.40 Å². The molecule has 0 radical (unpaired) electrons. The Kier molecular flexibility index (Phi) is 6.46. The third-order valence-corrected chi connectivity index (χ3v) is 8.38. The average molecular weight is 413 g/mol. The number of ether oxygens (including phenoxy) is 1. The Morgan fingerprint density at radius 3 is 2.57 bits per heavy atom. The minimum Gasteiger partial charge on any atom is -0.379 e. The van der Waals surface area contributed by atoms with Crippen molar-refractivity contribution in [1.82, 2.24) is 19.4 Å². The van der Waals surface area contributed by atoms with E-state index in [1.807, 2.05) is 0 Å². The van der Waals surface area contributed by atoms with E-state index in [1.54, 1.807) is 13.8 Å². The highest BCUT2D eigenvalue weighted by Crippen LogP contribution is 2.29. The fourth-order valence-corrected chi connectivity index (χ4v) is 6.08. The van der Waals surface area contributed by atoms with Gasteiger partial charge < -0.3 is 10.1 Å². The zero-order valence-electron chi connectivity index (χ0n) is 17.3. The van der Waals surface area contributed by atoms with Gasteiger partial charge in [-0.25, -0.2) is 8.42 Å². The van der Waals surface area contributed by atoms with Crippen molar-refractivity contribution in [2.24, 2.45) is 11.8 Å². The van der Waals surface area contributed by atoms with E-state index in [-0.39, 0.29) is 23.4 Å². The second kappa shape index (κ2) is 8.51. The summed E-state index contributed by atoms with van der Waals surface area (Å²) in [5.74, 6) is 0.917. The summed E-state index contributed by atoms with van der Waals surface area (Å²) >= 11 is 0. The molecule has 2 aliphatic rings. The van der Waals surface area contributed by atoms with Crippen LogP contribution in [-0.4, -0.2) is 60.8 Å². The van der Waals surface area contributed by atoms with Crippen molar-refractivity contribution in [3.8, 4) is 0 Å². The van der Waals surface area contributed by atoms with Crippen LogP contribution in [0.25, 0.3) is 0 Å². The zero-order valence-corrected chi connectivity index (χ0v) is 18.1. The lowest BCUT2D eigenvalue weighted by molar-refractivity contribution is -0.123. The first kappa shape index (κ1) is 21.3. The van der Waals surface area contributed by atoms with Crippen LogP contribution >= 0.6 is 0 Å². The highest BCUT2D eigenvalue weighted by atomic mass is 32.2. The molecule has 1 saturated heterocycles. The van der Waals surface area contributed by atoms with E-state index in [4.69, 9.17) is 4.74 Å². The number of rotatable bonds is 5. The number of sulfonamides is 1. The first-order chi connectivity index (χ1) is 13.2. The van der Waals surface area contributed by atoms with E-state index in [2.05, 4.69) is 24.3 Å². The molecule has 3 rings (SSSR count). The van der Waals surface area contributed by atoms with Crippen molar-refractivity contribution in [2.75, 3.05) is 26.3 Å². The normalized spacial score (nSPS) is 26.9. The summed E-state index contributed by atoms with van der Waals surface area (Å²) in [6, 6.07) is 0.171. The molecule has 1 aromatic heterocycles. The molecule has 1 aliphatic heterocycles. The van der Waals surface area contributed by atoms with Crippen LogP contribution in [0.15, 0.2) is 4.90 Å². The smallest absolute Gasteiger partial charge is 0.246 e. The Labute approximate surface area is 167 Å². The molecule has 2 heterocycles. The van der Waals surface area contributed by atoms with Crippen molar-refractivity contribution in [3.05, 3.63) is 11.4 Å². The molecule has 0 bridgehead atoms. The molecule has 8 nitrogen and oxygen atoms in total. The molecule has 0 spiro atoms. The van der Waals surface area contributed by atoms with Crippen LogP contribution in [0.5, 0.6) is 0 Å². The average Bonchev–Trinajstić information content (AvgIpc) is 2.93. The monoisotopic (exact) mass is 412 g/mol. The number of hydrogen-bond acceptors (Lipinski definition) is 5. The van der Waals surface area contributed by atoms with Crippen LogP contribution < -0.4 is 5.32 Å². The summed E-state index contributed by atoms with van der Waals surface area (Å²) < 4.78 is 34.3. The van der Waals surface area contributed by atoms with Gasteiger partial charge >= 0.3 is 0 Å². The third kappa shape index (κ3) is 4.26. The summed E-state index contributed by atoms with van der Waals surface area (Å²) in [5.41, 5.74) is 0.931. The molecule has 1 amide bonds. The van der Waals surface area contributed by atoms with Gasteiger partial charge in [0.05, 0.1) is 24.6 Å². The molecule has 1 aromatic rings. The number of carbonyl (C=O) groups is 1. The second-order valence-corrected chi connectivity index (χ2v) is 9.99. The number of nitrogens with one attached hydrogen (secondary N) is 1. The molecule has 2 fully saturated rings. The summed E-state index contributed by atoms with van der Waals surface area (Å²) in [5, 5.41) is 7.49. The number of amides is 1. The molecule has 9 heteroatoms. The van der Waals surface area contributed by atoms with Gasteiger partial charge in [-0.15, -0.1) is 0 Å². The SMILES string of the molecule is Cc1nn(CC(=O)N[C@H]2CCC[C@H](C)[C@@H]2C)c(C)c1S(=O)(=O)N1CCOCC1. The van der Waals surface area contributed by atoms with Gasteiger partial charge in [0.2, 0.25) is 15.9 Å². The molecular formula is C19H32N4O4S. The van der Waals surface area contributed by atoms with Crippen molar-refractivity contribution in [2.45, 2.75) is 64.4 Å². The Morgan fingerprint density at radius 2 is 1.89 bits per heavy atom. The molecule has 1 aliphatic carbocycles. The van der Waals surface area contributed by atoms with Crippen molar-refractivity contribution < 1.29 is 17.9 Å². The summed E-state index contributed by atoms with van der Waals surface area (Å²) in [7, 11) is -3.64. The summed E-state index contributed by atoms with van der Waals surface area (Å²) in [4.78, 5) is 12.8. The van der Waals surface area contributed by atoms with Crippen molar-refractivity contribution >= 4 is 15.9 Å². The van der Waals surface area contributed by atoms with Gasteiger partial charge in [-0.05, 0) is 32.1 Å². The van der Waals surface area contributed by atoms with Crippen LogP contribution in [0.1, 0.15) is 44.5 Å². The Balaban J connectivity index is 1.73. The quantitative estimate of drug-likeness (QED) is 0.790. The van der Waals surface area contributed by atoms with Crippen molar-refractivity contribution in [1.29, 1.82) is 0 Å². The van der Waals surface area contributed by atoms with Crippen molar-refractivity contribution in [3.63, 3.8) is 0 Å². The van der Waals surface area contributed by atoms with Crippen LogP contribution in [0.3, 0.4) is 0 Å². The van der Waals surface area contributed by atoms with Crippen LogP contribution in [0.4, 0.5) is 0 Å². The summed E-state index contributed by atoms with van der Waals surface area (Å²) in [6.07, 6.45) is 3.32. The van der Waals surface area contributed by atoms with Crippen LogP contribution in [0.2, 0.25) is 0 Å². The molecule has 28 heavy (non-hydrogen) atoms. The van der Waals surface area contributed by atoms with E-state index >= 15 is 0 Å². The minimum absolute atomic E-state index is 0.0307.